The fraction of sp³-hybridized carbons (Fsp3) is 0.286. The van der Waals surface area contributed by atoms with Gasteiger partial charge in [-0.15, -0.1) is 0 Å². The molecule has 0 bridgehead atoms. The van der Waals surface area contributed by atoms with Gasteiger partial charge in [0.05, 0.1) is 24.3 Å². The molecule has 1 aromatic carbocycles. The molecule has 0 radical (unpaired) electrons. The summed E-state index contributed by atoms with van der Waals surface area (Å²) in [7, 11) is 0. The van der Waals surface area contributed by atoms with Crippen LogP contribution in [0.4, 0.5) is 10.1 Å². The predicted molar refractivity (Wildman–Crippen MR) is 71.1 cm³/mol. The molecule has 1 N–H and O–H groups in total. The number of anilines is 1. The largest absolute Gasteiger partial charge is 0.378 e. The second kappa shape index (κ2) is 5.53. The number of aromatic nitrogens is 2. The second-order valence-corrected chi connectivity index (χ2v) is 4.51. The minimum Gasteiger partial charge on any atom is -0.378 e. The molecule has 1 aromatic heterocycles. The summed E-state index contributed by atoms with van der Waals surface area (Å²) < 4.78 is 15.5. The lowest BCUT2D eigenvalue weighted by atomic mass is 10.2. The van der Waals surface area contributed by atoms with Gasteiger partial charge < -0.3 is 9.88 Å². The second-order valence-electron chi connectivity index (χ2n) is 4.51. The van der Waals surface area contributed by atoms with Crippen molar-refractivity contribution in [1.82, 2.24) is 9.55 Å². The van der Waals surface area contributed by atoms with Gasteiger partial charge in [-0.1, -0.05) is 6.07 Å². The van der Waals surface area contributed by atoms with Crippen LogP contribution in [0.3, 0.4) is 0 Å². The molecule has 0 aliphatic carbocycles. The van der Waals surface area contributed by atoms with Crippen LogP contribution in [0.2, 0.25) is 0 Å². The Labute approximate surface area is 111 Å². The molecule has 0 aliphatic heterocycles. The first-order valence-electron chi connectivity index (χ1n) is 6.06. The van der Waals surface area contributed by atoms with Crippen LogP contribution >= 0.6 is 0 Å². The van der Waals surface area contributed by atoms with Crippen LogP contribution in [-0.4, -0.2) is 9.55 Å². The van der Waals surface area contributed by atoms with Crippen LogP contribution in [0, 0.1) is 17.1 Å². The van der Waals surface area contributed by atoms with E-state index in [0.717, 1.165) is 5.69 Å². The van der Waals surface area contributed by atoms with E-state index in [9.17, 15) is 4.39 Å². The van der Waals surface area contributed by atoms with Crippen molar-refractivity contribution in [2.75, 3.05) is 5.32 Å². The molecule has 98 valence electrons. The third-order valence-electron chi connectivity index (χ3n) is 2.89. The standard InChI is InChI=1S/C14H15FN4/c1-10(2)19-9-17-7-11(19)8-18-14-5-3-4-13(15)12(14)6-16/h3-5,7,9-10,18H,8H2,1-2H3. The first-order chi connectivity index (χ1) is 9.13. The van der Waals surface area contributed by atoms with Gasteiger partial charge in [-0.25, -0.2) is 9.37 Å². The lowest BCUT2D eigenvalue weighted by Crippen LogP contribution is -2.09. The van der Waals surface area contributed by atoms with E-state index >= 15 is 0 Å². The van der Waals surface area contributed by atoms with Crippen LogP contribution in [0.15, 0.2) is 30.7 Å². The quantitative estimate of drug-likeness (QED) is 0.916. The van der Waals surface area contributed by atoms with Crippen molar-refractivity contribution in [2.45, 2.75) is 26.4 Å². The Morgan fingerprint density at radius 1 is 1.47 bits per heavy atom. The summed E-state index contributed by atoms with van der Waals surface area (Å²) in [5, 5.41) is 12.0. The molecule has 19 heavy (non-hydrogen) atoms. The van der Waals surface area contributed by atoms with Gasteiger partial charge in [0.15, 0.2) is 0 Å². The minimum atomic E-state index is -0.509. The zero-order chi connectivity index (χ0) is 13.8. The summed E-state index contributed by atoms with van der Waals surface area (Å²) in [4.78, 5) is 4.10. The highest BCUT2D eigenvalue weighted by molar-refractivity contribution is 5.57. The van der Waals surface area contributed by atoms with Crippen LogP contribution < -0.4 is 5.32 Å². The molecule has 0 aliphatic rings. The minimum absolute atomic E-state index is 0.0399. The summed E-state index contributed by atoms with van der Waals surface area (Å²) >= 11 is 0. The smallest absolute Gasteiger partial charge is 0.143 e. The van der Waals surface area contributed by atoms with Crippen molar-refractivity contribution < 1.29 is 4.39 Å². The highest BCUT2D eigenvalue weighted by atomic mass is 19.1. The Kier molecular flexibility index (Phi) is 3.81. The fourth-order valence-electron chi connectivity index (χ4n) is 1.90. The molecule has 0 spiro atoms. The van der Waals surface area contributed by atoms with Crippen molar-refractivity contribution in [1.29, 1.82) is 5.26 Å². The van der Waals surface area contributed by atoms with Crippen LogP contribution in [0.1, 0.15) is 31.1 Å². The molecule has 4 nitrogen and oxygen atoms in total. The summed E-state index contributed by atoms with van der Waals surface area (Å²) in [5.74, 6) is -0.509. The molecular weight excluding hydrogens is 243 g/mol. The number of imidazole rings is 1. The predicted octanol–water partition coefficient (Wildman–Crippen LogP) is 3.09. The zero-order valence-electron chi connectivity index (χ0n) is 10.9. The van der Waals surface area contributed by atoms with Crippen molar-refractivity contribution >= 4 is 5.69 Å². The SMILES string of the molecule is CC(C)n1cncc1CNc1cccc(F)c1C#N. The normalized spacial score (nSPS) is 10.5. The number of benzene rings is 1. The molecule has 1 heterocycles. The Hall–Kier alpha value is -2.35. The van der Waals surface area contributed by atoms with Crippen molar-refractivity contribution in [3.05, 3.63) is 47.8 Å². The van der Waals surface area contributed by atoms with E-state index in [-0.39, 0.29) is 5.56 Å². The average Bonchev–Trinajstić information content (AvgIpc) is 2.84. The topological polar surface area (TPSA) is 53.6 Å². The molecule has 0 saturated heterocycles. The molecule has 0 unspecified atom stereocenters. The first kappa shape index (κ1) is 13.1. The summed E-state index contributed by atoms with van der Waals surface area (Å²) in [6.07, 6.45) is 3.52. The Balaban J connectivity index is 2.18. The Morgan fingerprint density at radius 3 is 2.95 bits per heavy atom. The highest BCUT2D eigenvalue weighted by Crippen LogP contribution is 2.19. The van der Waals surface area contributed by atoms with E-state index in [1.165, 1.54) is 6.07 Å². The van der Waals surface area contributed by atoms with E-state index < -0.39 is 5.82 Å². The van der Waals surface area contributed by atoms with Crippen molar-refractivity contribution in [2.24, 2.45) is 0 Å². The van der Waals surface area contributed by atoms with E-state index in [2.05, 4.69) is 24.1 Å². The van der Waals surface area contributed by atoms with E-state index in [1.807, 2.05) is 10.6 Å². The van der Waals surface area contributed by atoms with Gasteiger partial charge in [-0.2, -0.15) is 5.26 Å². The third kappa shape index (κ3) is 2.74. The molecule has 5 heteroatoms. The number of hydrogen-bond donors (Lipinski definition) is 1. The molecular formula is C14H15FN4. The third-order valence-corrected chi connectivity index (χ3v) is 2.89. The average molecular weight is 258 g/mol. The highest BCUT2D eigenvalue weighted by Gasteiger charge is 2.09. The molecule has 0 fully saturated rings. The molecule has 0 saturated carbocycles. The van der Waals surface area contributed by atoms with Crippen LogP contribution in [-0.2, 0) is 6.54 Å². The van der Waals surface area contributed by atoms with Crippen molar-refractivity contribution in [3.63, 3.8) is 0 Å². The molecule has 0 atom stereocenters. The number of nitrogens with one attached hydrogen (secondary N) is 1. The Bertz CT molecular complexity index is 610. The summed E-state index contributed by atoms with van der Waals surface area (Å²) in [6, 6.07) is 6.73. The van der Waals surface area contributed by atoms with Crippen LogP contribution in [0.5, 0.6) is 0 Å². The molecule has 2 rings (SSSR count). The lowest BCUT2D eigenvalue weighted by molar-refractivity contribution is 0.577. The van der Waals surface area contributed by atoms with Gasteiger partial charge >= 0.3 is 0 Å². The van der Waals surface area contributed by atoms with E-state index in [4.69, 9.17) is 5.26 Å². The summed E-state index contributed by atoms with van der Waals surface area (Å²) in [6.45, 7) is 4.62. The number of rotatable bonds is 4. The zero-order valence-corrected chi connectivity index (χ0v) is 10.9. The maximum Gasteiger partial charge on any atom is 0.143 e. The maximum absolute atomic E-state index is 13.4. The molecule has 0 amide bonds. The van der Waals surface area contributed by atoms with Crippen LogP contribution in [0.25, 0.3) is 0 Å². The monoisotopic (exact) mass is 258 g/mol. The van der Waals surface area contributed by atoms with Gasteiger partial charge in [0.2, 0.25) is 0 Å². The van der Waals surface area contributed by atoms with Gasteiger partial charge in [0.25, 0.3) is 0 Å². The van der Waals surface area contributed by atoms with Gasteiger partial charge in [0, 0.05) is 12.2 Å². The molecule has 2 aromatic rings. The van der Waals surface area contributed by atoms with Gasteiger partial charge in [-0.3, -0.25) is 0 Å². The maximum atomic E-state index is 13.4. The summed E-state index contributed by atoms with van der Waals surface area (Å²) in [5.41, 5.74) is 1.53. The van der Waals surface area contributed by atoms with E-state index in [1.54, 1.807) is 24.7 Å². The van der Waals surface area contributed by atoms with Crippen molar-refractivity contribution in [3.8, 4) is 6.07 Å². The van der Waals surface area contributed by atoms with E-state index in [0.29, 0.717) is 18.3 Å². The number of nitriles is 1. The number of halogens is 1. The number of nitrogens with zero attached hydrogens (tertiary/aromatic N) is 3. The lowest BCUT2D eigenvalue weighted by Gasteiger charge is -2.13. The fourth-order valence-corrected chi connectivity index (χ4v) is 1.90. The Morgan fingerprint density at radius 2 is 2.26 bits per heavy atom. The van der Waals surface area contributed by atoms with Gasteiger partial charge in [-0.05, 0) is 26.0 Å². The first-order valence-corrected chi connectivity index (χ1v) is 6.06. The van der Waals surface area contributed by atoms with Gasteiger partial charge in [0.1, 0.15) is 17.4 Å². The number of hydrogen-bond acceptors (Lipinski definition) is 3.